The number of aromatic hydroxyl groups is 1. The number of carbonyl (C=O) groups excluding carboxylic acids is 2. The third-order valence-corrected chi connectivity index (χ3v) is 6.37. The smallest absolute Gasteiger partial charge is 0.407 e. The van der Waals surface area contributed by atoms with Gasteiger partial charge in [-0.2, -0.15) is 0 Å². The van der Waals surface area contributed by atoms with Crippen molar-refractivity contribution in [2.45, 2.75) is 39.8 Å². The third kappa shape index (κ3) is 7.98. The number of aromatic amines is 1. The predicted octanol–water partition coefficient (Wildman–Crippen LogP) is 6.18. The van der Waals surface area contributed by atoms with E-state index < -0.39 is 17.7 Å². The van der Waals surface area contributed by atoms with Crippen LogP contribution in [0.5, 0.6) is 5.88 Å². The molecule has 1 heterocycles. The summed E-state index contributed by atoms with van der Waals surface area (Å²) >= 11 is 0. The zero-order valence-electron chi connectivity index (χ0n) is 24.7. The second-order valence-electron chi connectivity index (χ2n) is 11.0. The van der Waals surface area contributed by atoms with Crippen LogP contribution in [0.3, 0.4) is 0 Å². The number of esters is 1. The number of benzene rings is 3. The lowest BCUT2D eigenvalue weighted by molar-refractivity contribution is 0.0514. The van der Waals surface area contributed by atoms with Crippen LogP contribution in [0.2, 0.25) is 0 Å². The summed E-state index contributed by atoms with van der Waals surface area (Å²) in [6.45, 7) is 9.37. The molecule has 0 aliphatic carbocycles. The normalized spacial score (nSPS) is 12.0. The third-order valence-electron chi connectivity index (χ3n) is 6.37. The van der Waals surface area contributed by atoms with Crippen LogP contribution < -0.4 is 5.32 Å². The van der Waals surface area contributed by atoms with E-state index in [1.54, 1.807) is 25.1 Å². The molecular formula is C33H38N4O5. The van der Waals surface area contributed by atoms with Crippen molar-refractivity contribution in [2.75, 3.05) is 26.7 Å². The first-order valence-electron chi connectivity index (χ1n) is 13.9. The van der Waals surface area contributed by atoms with Crippen LogP contribution in [0.1, 0.15) is 54.7 Å². The summed E-state index contributed by atoms with van der Waals surface area (Å²) in [6.07, 6.45) is -0.423. The molecule has 1 amide bonds. The maximum absolute atomic E-state index is 12.2. The first kappa shape index (κ1) is 30.3. The van der Waals surface area contributed by atoms with E-state index >= 15 is 0 Å². The Bertz CT molecular complexity index is 1550. The summed E-state index contributed by atoms with van der Waals surface area (Å²) in [7, 11) is 1.99. The fourth-order valence-corrected chi connectivity index (χ4v) is 4.48. The lowest BCUT2D eigenvalue weighted by Crippen LogP contribution is -2.36. The molecule has 4 aromatic rings. The number of amides is 1. The van der Waals surface area contributed by atoms with E-state index in [4.69, 9.17) is 14.5 Å². The second kappa shape index (κ2) is 13.4. The summed E-state index contributed by atoms with van der Waals surface area (Å²) in [5.41, 5.74) is 4.29. The first-order chi connectivity index (χ1) is 20.0. The van der Waals surface area contributed by atoms with Crippen molar-refractivity contribution in [3.8, 4) is 5.88 Å². The minimum atomic E-state index is -0.527. The van der Waals surface area contributed by atoms with E-state index in [1.807, 2.05) is 82.4 Å². The quantitative estimate of drug-likeness (QED) is 0.155. The van der Waals surface area contributed by atoms with Gasteiger partial charge in [-0.1, -0.05) is 48.5 Å². The lowest BCUT2D eigenvalue weighted by Gasteiger charge is -2.21. The molecule has 0 fully saturated rings. The number of nitrogens with zero attached hydrogens (tertiary/aromatic N) is 2. The molecule has 0 saturated heterocycles. The van der Waals surface area contributed by atoms with Crippen LogP contribution in [0.25, 0.3) is 10.9 Å². The number of H-pyrrole nitrogens is 1. The number of aromatic nitrogens is 1. The Hall–Kier alpha value is -4.63. The molecule has 220 valence electrons. The minimum absolute atomic E-state index is 0.0353. The van der Waals surface area contributed by atoms with Crippen molar-refractivity contribution in [2.24, 2.45) is 4.99 Å². The number of rotatable bonds is 10. The van der Waals surface area contributed by atoms with Gasteiger partial charge in [0.1, 0.15) is 5.60 Å². The Balaban J connectivity index is 1.54. The van der Waals surface area contributed by atoms with Gasteiger partial charge in [0.25, 0.3) is 0 Å². The molecule has 0 aliphatic heterocycles. The Labute approximate surface area is 246 Å². The summed E-state index contributed by atoms with van der Waals surface area (Å²) < 4.78 is 10.4. The molecule has 0 unspecified atom stereocenters. The zero-order chi connectivity index (χ0) is 30.3. The molecule has 3 N–H and O–H groups in total. The molecule has 9 nitrogen and oxygen atoms in total. The molecule has 4 rings (SSSR count). The maximum atomic E-state index is 12.2. The van der Waals surface area contributed by atoms with Crippen molar-refractivity contribution in [1.82, 2.24) is 15.2 Å². The average Bonchev–Trinajstić information content (AvgIpc) is 3.27. The Kier molecular flexibility index (Phi) is 9.64. The highest BCUT2D eigenvalue weighted by atomic mass is 16.6. The van der Waals surface area contributed by atoms with Crippen molar-refractivity contribution < 1.29 is 24.2 Å². The number of nitrogens with one attached hydrogen (secondary N) is 2. The largest absolute Gasteiger partial charge is 0.494 e. The van der Waals surface area contributed by atoms with Crippen molar-refractivity contribution in [1.29, 1.82) is 0 Å². The van der Waals surface area contributed by atoms with Crippen LogP contribution in [-0.4, -0.2) is 65.1 Å². The number of likely N-dealkylation sites (N-methyl/N-ethyl adjacent to an activating group) is 1. The predicted molar refractivity (Wildman–Crippen MR) is 165 cm³/mol. The van der Waals surface area contributed by atoms with Gasteiger partial charge in [0.15, 0.2) is 5.88 Å². The van der Waals surface area contributed by atoms with Gasteiger partial charge in [-0.15, -0.1) is 0 Å². The summed E-state index contributed by atoms with van der Waals surface area (Å²) in [6, 6.07) is 22.7. The highest BCUT2D eigenvalue weighted by Gasteiger charge is 2.20. The number of hydrogen-bond donors (Lipinski definition) is 3. The average molecular weight is 571 g/mol. The van der Waals surface area contributed by atoms with Gasteiger partial charge in [-0.3, -0.25) is 0 Å². The molecule has 0 spiro atoms. The topological polar surface area (TPSA) is 116 Å². The van der Waals surface area contributed by atoms with Crippen LogP contribution >= 0.6 is 0 Å². The molecule has 9 heteroatoms. The van der Waals surface area contributed by atoms with Crippen LogP contribution in [0.4, 0.5) is 10.5 Å². The van der Waals surface area contributed by atoms with Crippen LogP contribution in [-0.2, 0) is 16.0 Å². The molecule has 3 aromatic carbocycles. The summed E-state index contributed by atoms with van der Waals surface area (Å²) in [5.74, 6) is -0.455. The molecule has 0 atom stereocenters. The number of aliphatic imine (C=N–C) groups is 1. The second-order valence-corrected chi connectivity index (χ2v) is 11.0. The molecule has 0 radical (unpaired) electrons. The van der Waals surface area contributed by atoms with Crippen molar-refractivity contribution in [3.05, 3.63) is 95.1 Å². The Morgan fingerprint density at radius 2 is 1.71 bits per heavy atom. The SMILES string of the molecule is CCOC(=O)c1ccc2c(C(=Nc3ccc(CN(C)CCNC(=O)OC(C)(C)C)cc3)c3ccccc3)c(O)[nH]c2c1. The minimum Gasteiger partial charge on any atom is -0.494 e. The van der Waals surface area contributed by atoms with E-state index in [1.165, 1.54) is 0 Å². The molecule has 1 aromatic heterocycles. The van der Waals surface area contributed by atoms with Gasteiger partial charge in [0, 0.05) is 36.1 Å². The first-order valence-corrected chi connectivity index (χ1v) is 13.9. The molecule has 0 aliphatic rings. The van der Waals surface area contributed by atoms with E-state index in [-0.39, 0.29) is 12.5 Å². The van der Waals surface area contributed by atoms with Gasteiger partial charge in [-0.05, 0) is 64.6 Å². The summed E-state index contributed by atoms with van der Waals surface area (Å²) in [5, 5.41) is 14.5. The lowest BCUT2D eigenvalue weighted by atomic mass is 10.00. The van der Waals surface area contributed by atoms with Gasteiger partial charge < -0.3 is 29.8 Å². The molecule has 0 bridgehead atoms. The standard InChI is InChI=1S/C33H38N4O5/c1-6-41-31(39)24-14-17-26-27(20-24)36-30(38)28(26)29(23-10-8-7-9-11-23)35-25-15-12-22(13-16-25)21-37(5)19-18-34-32(40)42-33(2,3)4/h7-17,20,36,38H,6,18-19,21H2,1-5H3,(H,34,40). The molecular weight excluding hydrogens is 532 g/mol. The van der Waals surface area contributed by atoms with E-state index in [0.29, 0.717) is 42.0 Å². The van der Waals surface area contributed by atoms with E-state index in [2.05, 4.69) is 15.2 Å². The fraction of sp³-hybridized carbons (Fsp3) is 0.303. The summed E-state index contributed by atoms with van der Waals surface area (Å²) in [4.78, 5) is 34.2. The van der Waals surface area contributed by atoms with Crippen molar-refractivity contribution >= 4 is 34.4 Å². The van der Waals surface area contributed by atoms with Gasteiger partial charge >= 0.3 is 12.1 Å². The van der Waals surface area contributed by atoms with Crippen LogP contribution in [0.15, 0.2) is 77.8 Å². The highest BCUT2D eigenvalue weighted by molar-refractivity contribution is 6.22. The van der Waals surface area contributed by atoms with Crippen LogP contribution in [0, 0.1) is 0 Å². The van der Waals surface area contributed by atoms with Gasteiger partial charge in [0.2, 0.25) is 0 Å². The monoisotopic (exact) mass is 570 g/mol. The van der Waals surface area contributed by atoms with Gasteiger partial charge in [0.05, 0.1) is 29.1 Å². The number of alkyl carbamates (subject to hydrolysis) is 1. The Morgan fingerprint density at radius 1 is 1.00 bits per heavy atom. The van der Waals surface area contributed by atoms with E-state index in [0.717, 1.165) is 22.2 Å². The number of fused-ring (bicyclic) bond motifs is 1. The van der Waals surface area contributed by atoms with Gasteiger partial charge in [-0.25, -0.2) is 14.6 Å². The fourth-order valence-electron chi connectivity index (χ4n) is 4.48. The zero-order valence-corrected chi connectivity index (χ0v) is 24.7. The van der Waals surface area contributed by atoms with Crippen molar-refractivity contribution in [3.63, 3.8) is 0 Å². The Morgan fingerprint density at radius 3 is 2.38 bits per heavy atom. The number of ether oxygens (including phenoxy) is 2. The molecule has 0 saturated carbocycles. The highest BCUT2D eigenvalue weighted by Crippen LogP contribution is 2.32. The number of carbonyl (C=O) groups is 2. The number of hydrogen-bond acceptors (Lipinski definition) is 7. The van der Waals surface area contributed by atoms with E-state index in [9.17, 15) is 14.7 Å². The molecule has 42 heavy (non-hydrogen) atoms. The maximum Gasteiger partial charge on any atom is 0.407 e.